The lowest BCUT2D eigenvalue weighted by Crippen LogP contribution is -2.43. The number of aliphatic hydroxyl groups excluding tert-OH is 1. The van der Waals surface area contributed by atoms with E-state index in [4.69, 9.17) is 11.6 Å². The van der Waals surface area contributed by atoms with Crippen molar-refractivity contribution in [3.63, 3.8) is 0 Å². The molecule has 2 nitrogen and oxygen atoms in total. The van der Waals surface area contributed by atoms with Crippen molar-refractivity contribution < 1.29 is 5.11 Å². The Morgan fingerprint density at radius 2 is 2.47 bits per heavy atom. The van der Waals surface area contributed by atoms with Crippen LogP contribution in [0.2, 0.25) is 5.02 Å². The maximum Gasteiger partial charge on any atom is 0.106 e. The van der Waals surface area contributed by atoms with E-state index in [-0.39, 0.29) is 6.04 Å². The molecule has 15 heavy (non-hydrogen) atoms. The zero-order valence-electron chi connectivity index (χ0n) is 8.52. The van der Waals surface area contributed by atoms with Crippen LogP contribution in [0, 0.1) is 0 Å². The molecule has 1 saturated heterocycles. The van der Waals surface area contributed by atoms with E-state index in [1.165, 1.54) is 11.3 Å². The van der Waals surface area contributed by atoms with E-state index in [1.54, 1.807) is 0 Å². The molecule has 1 aromatic rings. The second-order valence-corrected chi connectivity index (χ2v) is 6.21. The van der Waals surface area contributed by atoms with Gasteiger partial charge in [-0.25, -0.2) is 0 Å². The van der Waals surface area contributed by atoms with Gasteiger partial charge in [-0.3, -0.25) is 4.90 Å². The van der Waals surface area contributed by atoms with Gasteiger partial charge in [-0.15, -0.1) is 11.3 Å². The first-order valence-electron chi connectivity index (χ1n) is 4.89. The third kappa shape index (κ3) is 2.50. The number of thiophene rings is 1. The molecule has 2 rings (SSSR count). The molecule has 1 aliphatic heterocycles. The zero-order valence-corrected chi connectivity index (χ0v) is 10.9. The Kier molecular flexibility index (Phi) is 3.96. The smallest absolute Gasteiger partial charge is 0.106 e. The first-order chi connectivity index (χ1) is 7.20. The standard InChI is InChI=1S/C10H14ClNOS2/c1-12-3-5-14-6-8(12)9(13)10-7(11)2-4-15-10/h2,4,8-9,13H,3,5-6H2,1H3. The van der Waals surface area contributed by atoms with Crippen molar-refractivity contribution >= 4 is 34.7 Å². The van der Waals surface area contributed by atoms with E-state index >= 15 is 0 Å². The Hall–Kier alpha value is 0.260. The molecule has 1 N–H and O–H groups in total. The van der Waals surface area contributed by atoms with E-state index in [0.717, 1.165) is 22.9 Å². The summed E-state index contributed by atoms with van der Waals surface area (Å²) in [6, 6.07) is 2.04. The highest BCUT2D eigenvalue weighted by Crippen LogP contribution is 2.34. The van der Waals surface area contributed by atoms with Crippen LogP contribution in [0.4, 0.5) is 0 Å². The number of hydrogen-bond donors (Lipinski definition) is 1. The summed E-state index contributed by atoms with van der Waals surface area (Å²) in [5.74, 6) is 2.13. The largest absolute Gasteiger partial charge is 0.386 e. The molecule has 2 unspecified atom stereocenters. The number of thioether (sulfide) groups is 1. The van der Waals surface area contributed by atoms with Crippen molar-refractivity contribution in [3.8, 4) is 0 Å². The molecule has 2 heterocycles. The summed E-state index contributed by atoms with van der Waals surface area (Å²) in [6.45, 7) is 1.04. The Bertz CT molecular complexity index is 331. The average Bonchev–Trinajstić information content (AvgIpc) is 2.64. The summed E-state index contributed by atoms with van der Waals surface area (Å²) in [4.78, 5) is 3.12. The second-order valence-electron chi connectivity index (χ2n) is 3.70. The van der Waals surface area contributed by atoms with Gasteiger partial charge in [0.25, 0.3) is 0 Å². The van der Waals surface area contributed by atoms with Gasteiger partial charge < -0.3 is 5.11 Å². The SMILES string of the molecule is CN1CCSCC1C(O)c1sccc1Cl. The Labute approximate surface area is 103 Å². The fraction of sp³-hybridized carbons (Fsp3) is 0.600. The van der Waals surface area contributed by atoms with Gasteiger partial charge in [-0.1, -0.05) is 11.6 Å². The fourth-order valence-electron chi connectivity index (χ4n) is 1.73. The minimum Gasteiger partial charge on any atom is -0.386 e. The van der Waals surface area contributed by atoms with Crippen molar-refractivity contribution in [2.24, 2.45) is 0 Å². The monoisotopic (exact) mass is 263 g/mol. The van der Waals surface area contributed by atoms with Crippen LogP contribution in [-0.2, 0) is 0 Å². The van der Waals surface area contributed by atoms with Gasteiger partial charge in [-0.05, 0) is 18.5 Å². The van der Waals surface area contributed by atoms with Crippen LogP contribution in [0.3, 0.4) is 0 Å². The lowest BCUT2D eigenvalue weighted by atomic mass is 10.1. The molecule has 0 aliphatic carbocycles. The van der Waals surface area contributed by atoms with Crippen LogP contribution in [0.15, 0.2) is 11.4 Å². The van der Waals surface area contributed by atoms with Gasteiger partial charge in [0.05, 0.1) is 9.90 Å². The molecule has 0 radical (unpaired) electrons. The van der Waals surface area contributed by atoms with Crippen molar-refractivity contribution in [2.75, 3.05) is 25.1 Å². The Morgan fingerprint density at radius 1 is 1.67 bits per heavy atom. The molecule has 0 bridgehead atoms. The molecule has 84 valence electrons. The van der Waals surface area contributed by atoms with E-state index in [9.17, 15) is 5.11 Å². The molecular weight excluding hydrogens is 250 g/mol. The molecule has 0 saturated carbocycles. The van der Waals surface area contributed by atoms with Gasteiger partial charge in [0.1, 0.15) is 6.10 Å². The maximum absolute atomic E-state index is 10.3. The number of hydrogen-bond acceptors (Lipinski definition) is 4. The summed E-state index contributed by atoms with van der Waals surface area (Å²) >= 11 is 9.46. The highest BCUT2D eigenvalue weighted by atomic mass is 35.5. The van der Waals surface area contributed by atoms with E-state index < -0.39 is 6.10 Å². The van der Waals surface area contributed by atoms with Crippen molar-refractivity contribution in [1.82, 2.24) is 4.90 Å². The van der Waals surface area contributed by atoms with Gasteiger partial charge in [0.15, 0.2) is 0 Å². The quantitative estimate of drug-likeness (QED) is 0.887. The van der Waals surface area contributed by atoms with Crippen LogP contribution in [0.25, 0.3) is 0 Å². The minimum atomic E-state index is -0.449. The fourth-order valence-corrected chi connectivity index (χ4v) is 4.20. The summed E-state index contributed by atoms with van der Waals surface area (Å²) in [7, 11) is 2.06. The number of rotatable bonds is 2. The first-order valence-corrected chi connectivity index (χ1v) is 7.30. The third-order valence-electron chi connectivity index (χ3n) is 2.72. The first kappa shape index (κ1) is 11.7. The second kappa shape index (κ2) is 5.06. The van der Waals surface area contributed by atoms with Gasteiger partial charge in [0, 0.05) is 24.1 Å². The number of likely N-dealkylation sites (N-methyl/N-ethyl adjacent to an activating group) is 1. The van der Waals surface area contributed by atoms with Crippen molar-refractivity contribution in [2.45, 2.75) is 12.1 Å². The average molecular weight is 264 g/mol. The Balaban J connectivity index is 2.13. The third-order valence-corrected chi connectivity index (χ3v) is 5.20. The number of aliphatic hydroxyl groups is 1. The van der Waals surface area contributed by atoms with Crippen LogP contribution >= 0.6 is 34.7 Å². The molecule has 0 spiro atoms. The molecule has 5 heteroatoms. The predicted molar refractivity (Wildman–Crippen MR) is 68.0 cm³/mol. The van der Waals surface area contributed by atoms with Gasteiger partial charge in [-0.2, -0.15) is 11.8 Å². The summed E-state index contributed by atoms with van der Waals surface area (Å²) in [5.41, 5.74) is 0. The zero-order chi connectivity index (χ0) is 10.8. The van der Waals surface area contributed by atoms with E-state index in [2.05, 4.69) is 11.9 Å². The Morgan fingerprint density at radius 3 is 3.07 bits per heavy atom. The normalized spacial score (nSPS) is 25.4. The number of nitrogens with zero attached hydrogens (tertiary/aromatic N) is 1. The molecule has 0 amide bonds. The summed E-state index contributed by atoms with van der Waals surface area (Å²) < 4.78 is 0. The topological polar surface area (TPSA) is 23.5 Å². The summed E-state index contributed by atoms with van der Waals surface area (Å²) in [5, 5.41) is 12.9. The maximum atomic E-state index is 10.3. The highest BCUT2D eigenvalue weighted by molar-refractivity contribution is 7.99. The lowest BCUT2D eigenvalue weighted by Gasteiger charge is -2.35. The van der Waals surface area contributed by atoms with Crippen LogP contribution in [0.5, 0.6) is 0 Å². The molecule has 1 aromatic heterocycles. The van der Waals surface area contributed by atoms with Crippen LogP contribution < -0.4 is 0 Å². The van der Waals surface area contributed by atoms with Crippen LogP contribution in [-0.4, -0.2) is 41.1 Å². The summed E-state index contributed by atoms with van der Waals surface area (Å²) in [6.07, 6.45) is -0.449. The van der Waals surface area contributed by atoms with Gasteiger partial charge >= 0.3 is 0 Å². The molecular formula is C10H14ClNOS2. The predicted octanol–water partition coefficient (Wildman–Crippen LogP) is 2.48. The van der Waals surface area contributed by atoms with E-state index in [1.807, 2.05) is 23.2 Å². The lowest BCUT2D eigenvalue weighted by molar-refractivity contribution is 0.0786. The van der Waals surface area contributed by atoms with Crippen molar-refractivity contribution in [3.05, 3.63) is 21.3 Å². The number of halogens is 1. The van der Waals surface area contributed by atoms with E-state index in [0.29, 0.717) is 5.02 Å². The molecule has 1 fully saturated rings. The minimum absolute atomic E-state index is 0.194. The highest BCUT2D eigenvalue weighted by Gasteiger charge is 2.29. The molecule has 0 aromatic carbocycles. The molecule has 2 atom stereocenters. The van der Waals surface area contributed by atoms with Crippen LogP contribution in [0.1, 0.15) is 11.0 Å². The van der Waals surface area contributed by atoms with Crippen molar-refractivity contribution in [1.29, 1.82) is 0 Å². The van der Waals surface area contributed by atoms with Gasteiger partial charge in [0.2, 0.25) is 0 Å². The molecule has 1 aliphatic rings.